The highest BCUT2D eigenvalue weighted by Gasteiger charge is 2.27. The van der Waals surface area contributed by atoms with Gasteiger partial charge in [0, 0.05) is 38.2 Å². The highest BCUT2D eigenvalue weighted by atomic mass is 16.5. The number of aromatic nitrogens is 1. The summed E-state index contributed by atoms with van der Waals surface area (Å²) < 4.78 is 5.48. The van der Waals surface area contributed by atoms with Crippen molar-refractivity contribution in [1.82, 2.24) is 9.88 Å². The Morgan fingerprint density at radius 1 is 1.26 bits per heavy atom. The first kappa shape index (κ1) is 13.1. The third kappa shape index (κ3) is 3.54. The van der Waals surface area contributed by atoms with E-state index in [0.29, 0.717) is 0 Å². The second kappa shape index (κ2) is 6.49. The molecule has 0 bridgehead atoms. The average molecular weight is 260 g/mol. The van der Waals surface area contributed by atoms with Crippen LogP contribution in [0.1, 0.15) is 31.2 Å². The predicted molar refractivity (Wildman–Crippen MR) is 76.1 cm³/mol. The van der Waals surface area contributed by atoms with E-state index >= 15 is 0 Å². The fraction of sp³-hybridized carbons (Fsp3) is 0.688. The molecule has 3 heterocycles. The van der Waals surface area contributed by atoms with Crippen molar-refractivity contribution in [1.29, 1.82) is 0 Å². The minimum Gasteiger partial charge on any atom is -0.381 e. The van der Waals surface area contributed by atoms with Gasteiger partial charge in [0.1, 0.15) is 0 Å². The van der Waals surface area contributed by atoms with E-state index in [9.17, 15) is 0 Å². The molecule has 0 N–H and O–H groups in total. The maximum Gasteiger partial charge on any atom is 0.0480 e. The van der Waals surface area contributed by atoms with Gasteiger partial charge >= 0.3 is 0 Å². The van der Waals surface area contributed by atoms with Crippen LogP contribution in [-0.4, -0.2) is 42.2 Å². The molecule has 2 aliphatic rings. The summed E-state index contributed by atoms with van der Waals surface area (Å²) in [4.78, 5) is 6.94. The Bertz CT molecular complexity index is 376. The van der Waals surface area contributed by atoms with Crippen LogP contribution in [0, 0.1) is 5.92 Å². The minimum absolute atomic E-state index is 0.769. The summed E-state index contributed by atoms with van der Waals surface area (Å²) in [6.07, 6.45) is 10.2. The number of nitrogens with zero attached hydrogens (tertiary/aromatic N) is 2. The summed E-state index contributed by atoms with van der Waals surface area (Å²) in [6, 6.07) is 5.03. The van der Waals surface area contributed by atoms with Crippen LogP contribution in [0.25, 0.3) is 0 Å². The van der Waals surface area contributed by atoms with Crippen LogP contribution in [0.2, 0.25) is 0 Å². The van der Waals surface area contributed by atoms with Crippen LogP contribution in [0.5, 0.6) is 0 Å². The van der Waals surface area contributed by atoms with Gasteiger partial charge in [-0.05, 0) is 56.2 Å². The third-order valence-corrected chi connectivity index (χ3v) is 4.50. The van der Waals surface area contributed by atoms with Crippen LogP contribution in [0.3, 0.4) is 0 Å². The lowest BCUT2D eigenvalue weighted by Gasteiger charge is -2.40. The molecular formula is C16H24N2O. The summed E-state index contributed by atoms with van der Waals surface area (Å²) in [5.41, 5.74) is 1.39. The molecule has 0 unspecified atom stereocenters. The first-order chi connectivity index (χ1) is 9.42. The fourth-order valence-corrected chi connectivity index (χ4v) is 3.50. The monoisotopic (exact) mass is 260 g/mol. The van der Waals surface area contributed by atoms with E-state index in [1.165, 1.54) is 50.8 Å². The molecule has 3 rings (SSSR count). The number of rotatable bonds is 3. The summed E-state index contributed by atoms with van der Waals surface area (Å²) in [5.74, 6) is 0.806. The Balaban J connectivity index is 1.55. The lowest BCUT2D eigenvalue weighted by molar-refractivity contribution is 0.0178. The van der Waals surface area contributed by atoms with Crippen molar-refractivity contribution in [2.45, 2.75) is 38.1 Å². The maximum atomic E-state index is 5.48. The smallest absolute Gasteiger partial charge is 0.0480 e. The van der Waals surface area contributed by atoms with Gasteiger partial charge in [-0.3, -0.25) is 9.88 Å². The van der Waals surface area contributed by atoms with Gasteiger partial charge < -0.3 is 4.74 Å². The Morgan fingerprint density at radius 3 is 2.95 bits per heavy atom. The van der Waals surface area contributed by atoms with Gasteiger partial charge in [0.05, 0.1) is 0 Å². The summed E-state index contributed by atoms with van der Waals surface area (Å²) in [6.45, 7) is 4.46. The number of piperidine rings is 1. The highest BCUT2D eigenvalue weighted by Crippen LogP contribution is 2.25. The molecule has 3 nitrogen and oxygen atoms in total. The second-order valence-electron chi connectivity index (χ2n) is 5.91. The van der Waals surface area contributed by atoms with Crippen molar-refractivity contribution >= 4 is 0 Å². The first-order valence-electron chi connectivity index (χ1n) is 7.62. The van der Waals surface area contributed by atoms with E-state index in [-0.39, 0.29) is 0 Å². The maximum absolute atomic E-state index is 5.48. The van der Waals surface area contributed by atoms with Gasteiger partial charge in [0.15, 0.2) is 0 Å². The standard InChI is InChI=1S/C16H24N2O/c1-3-14(12-17-7-1)11-15-4-2-8-18(13-15)16-5-9-19-10-6-16/h1,3,7,12,15-16H,2,4-6,8-11,13H2/t15-/m0/s1. The molecule has 0 radical (unpaired) electrons. The molecule has 2 saturated heterocycles. The first-order valence-corrected chi connectivity index (χ1v) is 7.62. The van der Waals surface area contributed by atoms with E-state index in [1.807, 2.05) is 12.4 Å². The lowest BCUT2D eigenvalue weighted by Crippen LogP contribution is -2.45. The molecule has 104 valence electrons. The van der Waals surface area contributed by atoms with Crippen molar-refractivity contribution in [3.8, 4) is 0 Å². The number of pyridine rings is 1. The molecule has 0 spiro atoms. The lowest BCUT2D eigenvalue weighted by atomic mass is 9.90. The van der Waals surface area contributed by atoms with E-state index in [2.05, 4.69) is 22.0 Å². The van der Waals surface area contributed by atoms with Crippen molar-refractivity contribution in [2.75, 3.05) is 26.3 Å². The van der Waals surface area contributed by atoms with E-state index in [0.717, 1.165) is 25.2 Å². The van der Waals surface area contributed by atoms with Crippen LogP contribution in [0.4, 0.5) is 0 Å². The van der Waals surface area contributed by atoms with Crippen LogP contribution in [0.15, 0.2) is 24.5 Å². The minimum atomic E-state index is 0.769. The highest BCUT2D eigenvalue weighted by molar-refractivity contribution is 5.09. The van der Waals surface area contributed by atoms with Crippen LogP contribution < -0.4 is 0 Å². The molecule has 0 amide bonds. The van der Waals surface area contributed by atoms with Gasteiger partial charge in [-0.2, -0.15) is 0 Å². The summed E-state index contributed by atoms with van der Waals surface area (Å²) in [5, 5.41) is 0. The zero-order chi connectivity index (χ0) is 12.9. The molecule has 19 heavy (non-hydrogen) atoms. The zero-order valence-electron chi connectivity index (χ0n) is 11.6. The van der Waals surface area contributed by atoms with E-state index in [4.69, 9.17) is 4.74 Å². The number of ether oxygens (including phenoxy) is 1. The number of likely N-dealkylation sites (tertiary alicyclic amines) is 1. The SMILES string of the molecule is c1cncc(C[C@@H]2CCCN(C3CCOCC3)C2)c1. The molecule has 0 aromatic carbocycles. The molecule has 0 saturated carbocycles. The topological polar surface area (TPSA) is 25.4 Å². The molecule has 1 aromatic heterocycles. The number of hydrogen-bond acceptors (Lipinski definition) is 3. The number of hydrogen-bond donors (Lipinski definition) is 0. The van der Waals surface area contributed by atoms with Crippen LogP contribution >= 0.6 is 0 Å². The molecule has 1 atom stereocenters. The molecule has 3 heteroatoms. The zero-order valence-corrected chi connectivity index (χ0v) is 11.6. The molecule has 0 aliphatic carbocycles. The van der Waals surface area contributed by atoms with Gasteiger partial charge in [0.2, 0.25) is 0 Å². The van der Waals surface area contributed by atoms with Crippen molar-refractivity contribution in [3.05, 3.63) is 30.1 Å². The van der Waals surface area contributed by atoms with Gasteiger partial charge in [-0.25, -0.2) is 0 Å². The van der Waals surface area contributed by atoms with E-state index < -0.39 is 0 Å². The Morgan fingerprint density at radius 2 is 2.16 bits per heavy atom. The van der Waals surface area contributed by atoms with Gasteiger partial charge in [0.25, 0.3) is 0 Å². The molecule has 2 fully saturated rings. The fourth-order valence-electron chi connectivity index (χ4n) is 3.50. The van der Waals surface area contributed by atoms with Gasteiger partial charge in [-0.15, -0.1) is 0 Å². The summed E-state index contributed by atoms with van der Waals surface area (Å²) in [7, 11) is 0. The van der Waals surface area contributed by atoms with Crippen molar-refractivity contribution < 1.29 is 4.74 Å². The normalized spacial score (nSPS) is 26.4. The average Bonchev–Trinajstić information content (AvgIpc) is 2.49. The summed E-state index contributed by atoms with van der Waals surface area (Å²) >= 11 is 0. The van der Waals surface area contributed by atoms with Crippen molar-refractivity contribution in [3.63, 3.8) is 0 Å². The molecule has 1 aromatic rings. The van der Waals surface area contributed by atoms with Crippen LogP contribution in [-0.2, 0) is 11.2 Å². The quantitative estimate of drug-likeness (QED) is 0.835. The van der Waals surface area contributed by atoms with E-state index in [1.54, 1.807) is 0 Å². The van der Waals surface area contributed by atoms with Gasteiger partial charge in [-0.1, -0.05) is 6.07 Å². The second-order valence-corrected chi connectivity index (χ2v) is 5.91. The molecular weight excluding hydrogens is 236 g/mol. The third-order valence-electron chi connectivity index (χ3n) is 4.50. The molecule has 2 aliphatic heterocycles. The largest absolute Gasteiger partial charge is 0.381 e. The Labute approximate surface area is 116 Å². The Hall–Kier alpha value is -0.930. The predicted octanol–water partition coefficient (Wildman–Crippen LogP) is 2.52. The van der Waals surface area contributed by atoms with Crippen molar-refractivity contribution in [2.24, 2.45) is 5.92 Å². The Kier molecular flexibility index (Phi) is 4.46.